The number of methoxy groups -OCH3 is 1. The lowest BCUT2D eigenvalue weighted by Crippen LogP contribution is -2.37. The van der Waals surface area contributed by atoms with Gasteiger partial charge >= 0.3 is 5.97 Å². The maximum Gasteiger partial charge on any atom is 0.337 e. The van der Waals surface area contributed by atoms with Gasteiger partial charge in [-0.1, -0.05) is 35.3 Å². The zero-order chi connectivity index (χ0) is 19.6. The number of ether oxygens (including phenoxy) is 1. The molecule has 0 aromatic heterocycles. The summed E-state index contributed by atoms with van der Waals surface area (Å²) in [4.78, 5) is 24.3. The van der Waals surface area contributed by atoms with E-state index in [9.17, 15) is 9.59 Å². The lowest BCUT2D eigenvalue weighted by Gasteiger charge is -2.22. The fourth-order valence-electron chi connectivity index (χ4n) is 3.00. The van der Waals surface area contributed by atoms with Gasteiger partial charge in [-0.05, 0) is 60.2 Å². The second kappa shape index (κ2) is 8.30. The third-order valence-electron chi connectivity index (χ3n) is 4.61. The third kappa shape index (κ3) is 4.80. The van der Waals surface area contributed by atoms with Crippen LogP contribution in [0.25, 0.3) is 0 Å². The molecule has 2 aromatic rings. The number of halogens is 2. The standard InChI is InChI=1S/C20H20Cl2N2O3/c1-27-20(26)13-6-4-12(5-7-13)18(11-2-3-11)24-19(25)17(23)14-8-15(21)10-16(22)9-14/h4-11,17-18H,2-3,23H2,1H3,(H,24,25)/t17?,18-/m1/s1. The lowest BCUT2D eigenvalue weighted by molar-refractivity contribution is -0.123. The summed E-state index contributed by atoms with van der Waals surface area (Å²) in [5.41, 5.74) is 8.06. The van der Waals surface area contributed by atoms with E-state index in [2.05, 4.69) is 5.32 Å². The summed E-state index contributed by atoms with van der Waals surface area (Å²) in [6.45, 7) is 0. The molecule has 142 valence electrons. The summed E-state index contributed by atoms with van der Waals surface area (Å²) in [6.07, 6.45) is 2.06. The number of nitrogens with one attached hydrogen (secondary N) is 1. The van der Waals surface area contributed by atoms with Crippen LogP contribution >= 0.6 is 23.2 Å². The van der Waals surface area contributed by atoms with Gasteiger partial charge in [-0.3, -0.25) is 4.79 Å². The summed E-state index contributed by atoms with van der Waals surface area (Å²) in [5.74, 6) is -0.344. The first kappa shape index (κ1) is 19.7. The van der Waals surface area contributed by atoms with Gasteiger partial charge in [0.05, 0.1) is 18.7 Å². The van der Waals surface area contributed by atoms with Gasteiger partial charge < -0.3 is 15.8 Å². The first-order chi connectivity index (χ1) is 12.9. The van der Waals surface area contributed by atoms with Crippen molar-refractivity contribution in [3.8, 4) is 0 Å². The third-order valence-corrected chi connectivity index (χ3v) is 5.04. The molecule has 7 heteroatoms. The van der Waals surface area contributed by atoms with Crippen molar-refractivity contribution in [3.05, 3.63) is 69.2 Å². The van der Waals surface area contributed by atoms with Crippen LogP contribution in [-0.4, -0.2) is 19.0 Å². The molecule has 0 spiro atoms. The number of carbonyl (C=O) groups excluding carboxylic acids is 2. The zero-order valence-corrected chi connectivity index (χ0v) is 16.3. The lowest BCUT2D eigenvalue weighted by atomic mass is 9.99. The van der Waals surface area contributed by atoms with Crippen molar-refractivity contribution in [2.45, 2.75) is 24.9 Å². The molecule has 2 atom stereocenters. The van der Waals surface area contributed by atoms with Crippen molar-refractivity contribution in [2.24, 2.45) is 11.7 Å². The number of amides is 1. The van der Waals surface area contributed by atoms with E-state index < -0.39 is 12.0 Å². The van der Waals surface area contributed by atoms with Crippen LogP contribution in [0, 0.1) is 5.92 Å². The van der Waals surface area contributed by atoms with Gasteiger partial charge in [0.1, 0.15) is 6.04 Å². The van der Waals surface area contributed by atoms with Gasteiger partial charge in [0.2, 0.25) is 5.91 Å². The molecule has 1 unspecified atom stereocenters. The highest BCUT2D eigenvalue weighted by molar-refractivity contribution is 6.34. The number of hydrogen-bond donors (Lipinski definition) is 2. The minimum absolute atomic E-state index is 0.162. The van der Waals surface area contributed by atoms with Crippen LogP contribution in [0.3, 0.4) is 0 Å². The molecule has 0 aliphatic heterocycles. The van der Waals surface area contributed by atoms with Crippen LogP contribution in [0.15, 0.2) is 42.5 Å². The van der Waals surface area contributed by atoms with Crippen molar-refractivity contribution in [1.29, 1.82) is 0 Å². The monoisotopic (exact) mass is 406 g/mol. The Labute approximate surface area is 167 Å². The number of esters is 1. The summed E-state index contributed by atoms with van der Waals surface area (Å²) < 4.78 is 4.71. The molecular formula is C20H20Cl2N2O3. The Bertz CT molecular complexity index is 831. The van der Waals surface area contributed by atoms with Gasteiger partial charge in [-0.25, -0.2) is 4.79 Å². The molecule has 3 N–H and O–H groups in total. The van der Waals surface area contributed by atoms with E-state index in [1.807, 2.05) is 12.1 Å². The second-order valence-electron chi connectivity index (χ2n) is 6.62. The van der Waals surface area contributed by atoms with E-state index in [4.69, 9.17) is 33.7 Å². The fraction of sp³-hybridized carbons (Fsp3) is 0.300. The Morgan fingerprint density at radius 2 is 1.67 bits per heavy atom. The highest BCUT2D eigenvalue weighted by Gasteiger charge is 2.34. The first-order valence-electron chi connectivity index (χ1n) is 8.59. The van der Waals surface area contributed by atoms with Crippen LogP contribution in [0.5, 0.6) is 0 Å². The molecule has 1 aliphatic rings. The Kier molecular flexibility index (Phi) is 6.05. The van der Waals surface area contributed by atoms with Crippen LogP contribution in [-0.2, 0) is 9.53 Å². The van der Waals surface area contributed by atoms with Crippen molar-refractivity contribution >= 4 is 35.1 Å². The molecule has 5 nitrogen and oxygen atoms in total. The quantitative estimate of drug-likeness (QED) is 0.708. The van der Waals surface area contributed by atoms with Gasteiger partial charge in [0.15, 0.2) is 0 Å². The molecule has 0 saturated heterocycles. The number of carbonyl (C=O) groups is 2. The maximum atomic E-state index is 12.7. The van der Waals surface area contributed by atoms with Gasteiger partial charge in [-0.2, -0.15) is 0 Å². The highest BCUT2D eigenvalue weighted by atomic mass is 35.5. The predicted octanol–water partition coefficient (Wildman–Crippen LogP) is 4.05. The minimum atomic E-state index is -0.878. The van der Waals surface area contributed by atoms with E-state index in [1.54, 1.807) is 30.3 Å². The summed E-state index contributed by atoms with van der Waals surface area (Å²) >= 11 is 12.0. The maximum absolute atomic E-state index is 12.7. The molecule has 2 aromatic carbocycles. The van der Waals surface area contributed by atoms with Crippen molar-refractivity contribution in [1.82, 2.24) is 5.32 Å². The molecule has 0 radical (unpaired) electrons. The summed E-state index contributed by atoms with van der Waals surface area (Å²) in [7, 11) is 1.34. The largest absolute Gasteiger partial charge is 0.465 e. The Morgan fingerprint density at radius 3 is 2.19 bits per heavy atom. The average molecular weight is 407 g/mol. The van der Waals surface area contributed by atoms with E-state index in [1.165, 1.54) is 7.11 Å². The van der Waals surface area contributed by atoms with Crippen molar-refractivity contribution in [2.75, 3.05) is 7.11 Å². The Morgan fingerprint density at radius 1 is 1.07 bits per heavy atom. The normalized spacial score (nSPS) is 15.7. The molecule has 27 heavy (non-hydrogen) atoms. The van der Waals surface area contributed by atoms with E-state index in [0.717, 1.165) is 18.4 Å². The smallest absolute Gasteiger partial charge is 0.337 e. The van der Waals surface area contributed by atoms with E-state index in [-0.39, 0.29) is 11.9 Å². The predicted molar refractivity (Wildman–Crippen MR) is 105 cm³/mol. The fourth-order valence-corrected chi connectivity index (χ4v) is 3.54. The molecular weight excluding hydrogens is 387 g/mol. The van der Waals surface area contributed by atoms with Crippen LogP contribution in [0.4, 0.5) is 0 Å². The topological polar surface area (TPSA) is 81.4 Å². The average Bonchev–Trinajstić information content (AvgIpc) is 3.49. The SMILES string of the molecule is COC(=O)c1ccc([C@H](NC(=O)C(N)c2cc(Cl)cc(Cl)c2)C2CC2)cc1. The number of hydrogen-bond acceptors (Lipinski definition) is 4. The molecule has 3 rings (SSSR count). The molecule has 0 bridgehead atoms. The molecule has 1 amide bonds. The van der Waals surface area contributed by atoms with Crippen LogP contribution in [0.2, 0.25) is 10.0 Å². The van der Waals surface area contributed by atoms with Gasteiger partial charge in [-0.15, -0.1) is 0 Å². The van der Waals surface area contributed by atoms with Gasteiger partial charge in [0, 0.05) is 10.0 Å². The van der Waals surface area contributed by atoms with E-state index in [0.29, 0.717) is 27.1 Å². The van der Waals surface area contributed by atoms with E-state index >= 15 is 0 Å². The van der Waals surface area contributed by atoms with Crippen LogP contribution < -0.4 is 11.1 Å². The van der Waals surface area contributed by atoms with Crippen molar-refractivity contribution < 1.29 is 14.3 Å². The van der Waals surface area contributed by atoms with Crippen molar-refractivity contribution in [3.63, 3.8) is 0 Å². The minimum Gasteiger partial charge on any atom is -0.465 e. The molecule has 1 saturated carbocycles. The van der Waals surface area contributed by atoms with Crippen LogP contribution in [0.1, 0.15) is 46.4 Å². The second-order valence-corrected chi connectivity index (χ2v) is 7.49. The molecule has 1 fully saturated rings. The number of rotatable bonds is 6. The number of nitrogens with two attached hydrogens (primary N) is 1. The molecule has 1 aliphatic carbocycles. The van der Waals surface area contributed by atoms with Gasteiger partial charge in [0.25, 0.3) is 0 Å². The Balaban J connectivity index is 1.76. The Hall–Kier alpha value is -2.08. The number of benzene rings is 2. The molecule has 0 heterocycles. The first-order valence-corrected chi connectivity index (χ1v) is 9.35. The zero-order valence-electron chi connectivity index (χ0n) is 14.7. The summed E-state index contributed by atoms with van der Waals surface area (Å²) in [5, 5.41) is 3.89. The summed E-state index contributed by atoms with van der Waals surface area (Å²) in [6, 6.07) is 10.9. The highest BCUT2D eigenvalue weighted by Crippen LogP contribution is 2.41.